The molecule has 0 atom stereocenters. The van der Waals surface area contributed by atoms with Crippen molar-refractivity contribution in [1.29, 1.82) is 0 Å². The molecule has 5 aromatic rings. The lowest BCUT2D eigenvalue weighted by Crippen LogP contribution is -2.09. The molecule has 0 saturated carbocycles. The molecular weight excluding hydrogens is 518 g/mol. The minimum absolute atomic E-state index is 0.198. The largest absolute Gasteiger partial charge is 0.466 e. The van der Waals surface area contributed by atoms with Gasteiger partial charge in [0.1, 0.15) is 5.01 Å². The van der Waals surface area contributed by atoms with Gasteiger partial charge in [-0.25, -0.2) is 4.98 Å². The van der Waals surface area contributed by atoms with Crippen LogP contribution in [0.15, 0.2) is 54.6 Å². The zero-order chi connectivity index (χ0) is 26.2. The molecule has 0 fully saturated rings. The van der Waals surface area contributed by atoms with E-state index in [0.717, 1.165) is 66.1 Å². The average molecular weight is 544 g/mol. The number of aryl methyl sites for hydroxylation is 1. The number of aromatic amines is 1. The summed E-state index contributed by atoms with van der Waals surface area (Å²) in [5.41, 5.74) is 9.06. The summed E-state index contributed by atoms with van der Waals surface area (Å²) in [6.45, 7) is 5.52. The maximum absolute atomic E-state index is 12.5. The number of rotatable bonds is 6. The molecule has 0 spiro atoms. The molecule has 6 nitrogen and oxygen atoms in total. The Morgan fingerprint density at radius 3 is 2.74 bits per heavy atom. The molecule has 1 aliphatic heterocycles. The summed E-state index contributed by atoms with van der Waals surface area (Å²) < 4.78 is 11.8. The van der Waals surface area contributed by atoms with Crippen molar-refractivity contribution >= 4 is 55.6 Å². The Kier molecular flexibility index (Phi) is 6.74. The number of hydrogen-bond acceptors (Lipinski definition) is 6. The normalized spacial score (nSPS) is 13.7. The van der Waals surface area contributed by atoms with Crippen LogP contribution in [0.1, 0.15) is 30.2 Å². The van der Waals surface area contributed by atoms with Gasteiger partial charge in [0.05, 0.1) is 47.7 Å². The number of thiazole rings is 1. The number of aromatic nitrogens is 3. The Morgan fingerprint density at radius 2 is 1.97 bits per heavy atom. The number of nitrogens with zero attached hydrogens (tertiary/aromatic N) is 2. The molecule has 0 unspecified atom stereocenters. The number of esters is 1. The predicted octanol–water partition coefficient (Wildman–Crippen LogP) is 7.38. The van der Waals surface area contributed by atoms with Gasteiger partial charge in [-0.3, -0.25) is 9.89 Å². The van der Waals surface area contributed by atoms with E-state index in [1.807, 2.05) is 38.1 Å². The van der Waals surface area contributed by atoms with E-state index in [-0.39, 0.29) is 12.4 Å². The molecule has 3 aromatic carbocycles. The molecule has 8 heteroatoms. The van der Waals surface area contributed by atoms with E-state index in [9.17, 15) is 4.79 Å². The van der Waals surface area contributed by atoms with Crippen LogP contribution in [0.5, 0.6) is 0 Å². The van der Waals surface area contributed by atoms with E-state index < -0.39 is 0 Å². The second-order valence-corrected chi connectivity index (χ2v) is 10.7. The van der Waals surface area contributed by atoms with Crippen LogP contribution in [0.4, 0.5) is 0 Å². The van der Waals surface area contributed by atoms with Crippen LogP contribution in [0.3, 0.4) is 0 Å². The van der Waals surface area contributed by atoms with Crippen molar-refractivity contribution < 1.29 is 14.3 Å². The van der Waals surface area contributed by atoms with Crippen molar-refractivity contribution in [3.63, 3.8) is 0 Å². The molecule has 0 aliphatic carbocycles. The number of halogens is 1. The molecule has 192 valence electrons. The number of fused-ring (bicyclic) bond motifs is 2. The van der Waals surface area contributed by atoms with Crippen molar-refractivity contribution in [2.75, 3.05) is 19.8 Å². The van der Waals surface area contributed by atoms with E-state index in [1.54, 1.807) is 11.3 Å². The van der Waals surface area contributed by atoms with Gasteiger partial charge in [0.2, 0.25) is 0 Å². The highest BCUT2D eigenvalue weighted by Crippen LogP contribution is 2.42. The number of carbonyl (C=O) groups excluding carboxylic acids is 1. The maximum atomic E-state index is 12.5. The fourth-order valence-corrected chi connectivity index (χ4v) is 6.26. The Bertz CT molecular complexity index is 1700. The highest BCUT2D eigenvalue weighted by molar-refractivity contribution is 7.22. The number of H-pyrrole nitrogens is 1. The maximum Gasteiger partial charge on any atom is 0.310 e. The summed E-state index contributed by atoms with van der Waals surface area (Å²) in [6.07, 6.45) is 3.15. The minimum atomic E-state index is -0.241. The molecule has 2 aromatic heterocycles. The van der Waals surface area contributed by atoms with E-state index in [0.29, 0.717) is 24.8 Å². The van der Waals surface area contributed by atoms with Crippen molar-refractivity contribution in [3.05, 3.63) is 76.5 Å². The van der Waals surface area contributed by atoms with Gasteiger partial charge in [-0.2, -0.15) is 5.10 Å². The molecule has 1 aliphatic rings. The second-order valence-electron chi connectivity index (χ2n) is 9.29. The molecule has 0 bridgehead atoms. The van der Waals surface area contributed by atoms with E-state index in [1.165, 1.54) is 5.57 Å². The first-order chi connectivity index (χ1) is 18.5. The second kappa shape index (κ2) is 10.3. The fourth-order valence-electron chi connectivity index (χ4n) is 5.00. The topological polar surface area (TPSA) is 77.1 Å². The number of ether oxygens (including phenoxy) is 2. The molecule has 38 heavy (non-hydrogen) atoms. The Hall–Kier alpha value is -3.52. The summed E-state index contributed by atoms with van der Waals surface area (Å²) in [7, 11) is 0. The van der Waals surface area contributed by atoms with Gasteiger partial charge >= 0.3 is 5.97 Å². The van der Waals surface area contributed by atoms with Gasteiger partial charge in [0.25, 0.3) is 0 Å². The lowest BCUT2D eigenvalue weighted by atomic mass is 9.93. The lowest BCUT2D eigenvalue weighted by molar-refractivity contribution is -0.142. The number of carbonyl (C=O) groups is 1. The standard InChI is InChI=1S/C30H26ClN3O3S/c1-3-37-26(35)16-22-17(2)14-25-29(27(22)18-4-7-21(31)8-5-18)38-30(32-25)20-6-9-24-23(15-20)28(34-33-24)19-10-12-36-13-11-19/h4-10,14-15H,3,11-13,16H2,1-2H3,(H,33,34). The third-order valence-electron chi connectivity index (χ3n) is 6.85. The first-order valence-electron chi connectivity index (χ1n) is 12.6. The average Bonchev–Trinajstić information content (AvgIpc) is 3.54. The quantitative estimate of drug-likeness (QED) is 0.226. The van der Waals surface area contributed by atoms with Crippen molar-refractivity contribution in [1.82, 2.24) is 15.2 Å². The number of benzene rings is 3. The molecule has 6 rings (SSSR count). The van der Waals surface area contributed by atoms with Crippen molar-refractivity contribution in [2.45, 2.75) is 26.7 Å². The SMILES string of the molecule is CCOC(=O)Cc1c(C)cc2nc(-c3ccc4[nH]nc(C5=CCOCC5)c4c3)sc2c1-c1ccc(Cl)cc1. The van der Waals surface area contributed by atoms with Gasteiger partial charge in [-0.15, -0.1) is 11.3 Å². The van der Waals surface area contributed by atoms with E-state index in [4.69, 9.17) is 26.1 Å². The van der Waals surface area contributed by atoms with Gasteiger partial charge in [0, 0.05) is 21.5 Å². The highest BCUT2D eigenvalue weighted by atomic mass is 35.5. The summed E-state index contributed by atoms with van der Waals surface area (Å²) >= 11 is 7.83. The van der Waals surface area contributed by atoms with Crippen LogP contribution in [0, 0.1) is 6.92 Å². The van der Waals surface area contributed by atoms with Crippen LogP contribution in [0.2, 0.25) is 5.02 Å². The van der Waals surface area contributed by atoms with Crippen LogP contribution in [0.25, 0.3) is 48.4 Å². The summed E-state index contributed by atoms with van der Waals surface area (Å²) in [5.74, 6) is -0.241. The first kappa shape index (κ1) is 24.8. The van der Waals surface area contributed by atoms with Crippen molar-refractivity contribution in [3.8, 4) is 21.7 Å². The molecule has 0 saturated heterocycles. The lowest BCUT2D eigenvalue weighted by Gasteiger charge is -2.14. The van der Waals surface area contributed by atoms with E-state index in [2.05, 4.69) is 40.5 Å². The first-order valence-corrected chi connectivity index (χ1v) is 13.8. The third-order valence-corrected chi connectivity index (χ3v) is 8.24. The fraction of sp³-hybridized carbons (Fsp3) is 0.233. The molecule has 0 radical (unpaired) electrons. The molecular formula is C30H26ClN3O3S. The monoisotopic (exact) mass is 543 g/mol. The minimum Gasteiger partial charge on any atom is -0.466 e. The van der Waals surface area contributed by atoms with Crippen LogP contribution < -0.4 is 0 Å². The third kappa shape index (κ3) is 4.62. The van der Waals surface area contributed by atoms with Crippen molar-refractivity contribution in [2.24, 2.45) is 0 Å². The Morgan fingerprint density at radius 1 is 1.16 bits per heavy atom. The Balaban J connectivity index is 1.51. The zero-order valence-electron chi connectivity index (χ0n) is 21.1. The predicted molar refractivity (Wildman–Crippen MR) is 154 cm³/mol. The molecule has 1 N–H and O–H groups in total. The Labute approximate surface area is 229 Å². The molecule has 3 heterocycles. The molecule has 0 amide bonds. The van der Waals surface area contributed by atoms with Crippen LogP contribution in [-0.2, 0) is 20.7 Å². The van der Waals surface area contributed by atoms with Gasteiger partial charge in [0.15, 0.2) is 0 Å². The van der Waals surface area contributed by atoms with Gasteiger partial charge in [-0.1, -0.05) is 29.8 Å². The smallest absolute Gasteiger partial charge is 0.310 e. The number of nitrogens with one attached hydrogen (secondary N) is 1. The van der Waals surface area contributed by atoms with Crippen LogP contribution >= 0.6 is 22.9 Å². The highest BCUT2D eigenvalue weighted by Gasteiger charge is 2.21. The summed E-state index contributed by atoms with van der Waals surface area (Å²) in [4.78, 5) is 17.6. The van der Waals surface area contributed by atoms with Crippen LogP contribution in [-0.4, -0.2) is 41.0 Å². The van der Waals surface area contributed by atoms with E-state index >= 15 is 0 Å². The number of hydrogen-bond donors (Lipinski definition) is 1. The summed E-state index contributed by atoms with van der Waals surface area (Å²) in [5, 5.41) is 10.4. The summed E-state index contributed by atoms with van der Waals surface area (Å²) in [6, 6.07) is 16.1. The van der Waals surface area contributed by atoms with Gasteiger partial charge in [-0.05, 0) is 78.9 Å². The van der Waals surface area contributed by atoms with Gasteiger partial charge < -0.3 is 9.47 Å². The zero-order valence-corrected chi connectivity index (χ0v) is 22.7.